The van der Waals surface area contributed by atoms with Crippen LogP contribution in [0, 0.1) is 34.5 Å². The van der Waals surface area contributed by atoms with Crippen LogP contribution in [0.15, 0.2) is 24.3 Å². The van der Waals surface area contributed by atoms with Crippen molar-refractivity contribution in [1.82, 2.24) is 5.32 Å². The number of hydrogen-bond acceptors (Lipinski definition) is 4. The lowest BCUT2D eigenvalue weighted by Gasteiger charge is -2.60. The van der Waals surface area contributed by atoms with Crippen LogP contribution in [0.25, 0.3) is 0 Å². The Labute approximate surface area is 230 Å². The summed E-state index contributed by atoms with van der Waals surface area (Å²) in [5.41, 5.74) is 1.68. The molecule has 8 atom stereocenters. The van der Waals surface area contributed by atoms with Gasteiger partial charge in [-0.1, -0.05) is 38.8 Å². The van der Waals surface area contributed by atoms with Crippen LogP contribution in [-0.4, -0.2) is 29.6 Å². The van der Waals surface area contributed by atoms with Crippen LogP contribution >= 0.6 is 0 Å². The van der Waals surface area contributed by atoms with Crippen molar-refractivity contribution in [3.8, 4) is 5.75 Å². The summed E-state index contributed by atoms with van der Waals surface area (Å²) in [5, 5.41) is 15.3. The average molecular weight is 522 g/mol. The van der Waals surface area contributed by atoms with E-state index in [1.54, 1.807) is 0 Å². The molecule has 4 heteroatoms. The number of aliphatic hydroxyl groups excluding tert-OH is 1. The lowest BCUT2D eigenvalue weighted by Crippen LogP contribution is -2.55. The zero-order valence-corrected chi connectivity index (χ0v) is 23.9. The Morgan fingerprint density at radius 3 is 2.71 bits per heavy atom. The topological polar surface area (TPSA) is 58.6 Å². The highest BCUT2D eigenvalue weighted by Crippen LogP contribution is 2.66. The van der Waals surface area contributed by atoms with Crippen LogP contribution in [0.1, 0.15) is 122 Å². The molecule has 5 aliphatic rings. The summed E-state index contributed by atoms with van der Waals surface area (Å²) in [7, 11) is 0. The first kappa shape index (κ1) is 26.8. The molecule has 0 radical (unpaired) electrons. The van der Waals surface area contributed by atoms with E-state index in [2.05, 4.69) is 43.4 Å². The van der Waals surface area contributed by atoms with Crippen LogP contribution in [0.2, 0.25) is 0 Å². The van der Waals surface area contributed by atoms with E-state index in [-0.39, 0.29) is 11.5 Å². The monoisotopic (exact) mass is 521 g/mol. The smallest absolute Gasteiger partial charge is 0.133 e. The third kappa shape index (κ3) is 4.76. The van der Waals surface area contributed by atoms with Crippen molar-refractivity contribution in [2.75, 3.05) is 6.61 Å². The number of carbonyl (C=O) groups excluding carboxylic acids is 1. The van der Waals surface area contributed by atoms with Crippen LogP contribution < -0.4 is 10.1 Å². The Morgan fingerprint density at radius 1 is 1.05 bits per heavy atom. The third-order valence-electron chi connectivity index (χ3n) is 12.4. The van der Waals surface area contributed by atoms with Gasteiger partial charge in [0.25, 0.3) is 0 Å². The van der Waals surface area contributed by atoms with E-state index in [0.717, 1.165) is 56.6 Å². The summed E-state index contributed by atoms with van der Waals surface area (Å²) >= 11 is 0. The molecule has 5 saturated carbocycles. The summed E-state index contributed by atoms with van der Waals surface area (Å²) in [6.07, 6.45) is 16.8. The molecule has 2 unspecified atom stereocenters. The van der Waals surface area contributed by atoms with Crippen molar-refractivity contribution < 1.29 is 14.6 Å². The second-order valence-electron chi connectivity index (χ2n) is 14.0. The van der Waals surface area contributed by atoms with Gasteiger partial charge in [0.15, 0.2) is 0 Å². The lowest BCUT2D eigenvalue weighted by molar-refractivity contribution is -0.145. The molecule has 6 rings (SSSR count). The molecule has 0 heterocycles. The minimum Gasteiger partial charge on any atom is -0.494 e. The Morgan fingerprint density at radius 2 is 1.89 bits per heavy atom. The predicted octanol–water partition coefficient (Wildman–Crippen LogP) is 7.39. The second-order valence-corrected chi connectivity index (χ2v) is 14.0. The van der Waals surface area contributed by atoms with Gasteiger partial charge in [-0.3, -0.25) is 4.79 Å². The molecule has 38 heavy (non-hydrogen) atoms. The first-order valence-corrected chi connectivity index (χ1v) is 16.1. The van der Waals surface area contributed by atoms with Crippen molar-refractivity contribution in [3.63, 3.8) is 0 Å². The Balaban J connectivity index is 1.11. The van der Waals surface area contributed by atoms with Crippen molar-refractivity contribution in [2.24, 2.45) is 34.5 Å². The molecule has 1 aromatic rings. The van der Waals surface area contributed by atoms with Gasteiger partial charge in [-0.05, 0) is 117 Å². The maximum atomic E-state index is 12.2. The molecule has 5 fully saturated rings. The van der Waals surface area contributed by atoms with Gasteiger partial charge in [0.1, 0.15) is 11.5 Å². The zero-order valence-electron chi connectivity index (χ0n) is 23.9. The molecular formula is C34H51NO3. The molecule has 2 N–H and O–H groups in total. The van der Waals surface area contributed by atoms with Gasteiger partial charge in [0, 0.05) is 30.3 Å². The Kier molecular flexibility index (Phi) is 7.68. The largest absolute Gasteiger partial charge is 0.494 e. The van der Waals surface area contributed by atoms with Gasteiger partial charge in [0.2, 0.25) is 0 Å². The number of benzene rings is 1. The lowest BCUT2D eigenvalue weighted by atomic mass is 9.44. The number of rotatable bonds is 8. The first-order valence-electron chi connectivity index (χ1n) is 16.1. The molecule has 0 spiro atoms. The van der Waals surface area contributed by atoms with E-state index in [1.807, 2.05) is 0 Å². The van der Waals surface area contributed by atoms with Crippen molar-refractivity contribution in [3.05, 3.63) is 29.8 Å². The van der Waals surface area contributed by atoms with Gasteiger partial charge in [-0.25, -0.2) is 0 Å². The SMILES string of the molecule is CCC(NC1CCCC1)c1cccc(OCC[C@]23CC[C@H]4[C@@H](CCC5CC(=O)CC[C@@]54C)[C@@H]2CC[C@@H]3O)c1. The molecule has 1 aromatic carbocycles. The maximum absolute atomic E-state index is 12.2. The van der Waals surface area contributed by atoms with Crippen LogP contribution in [0.4, 0.5) is 0 Å². The van der Waals surface area contributed by atoms with Crippen molar-refractivity contribution >= 4 is 5.78 Å². The number of ketones is 1. The van der Waals surface area contributed by atoms with Crippen LogP contribution in [0.3, 0.4) is 0 Å². The molecule has 4 nitrogen and oxygen atoms in total. The highest BCUT2D eigenvalue weighted by atomic mass is 16.5. The molecule has 0 saturated heterocycles. The summed E-state index contributed by atoms with van der Waals surface area (Å²) in [6, 6.07) is 9.80. The fourth-order valence-corrected chi connectivity index (χ4v) is 10.3. The fourth-order valence-electron chi connectivity index (χ4n) is 10.3. The Bertz CT molecular complexity index is 988. The van der Waals surface area contributed by atoms with E-state index < -0.39 is 0 Å². The highest BCUT2D eigenvalue weighted by molar-refractivity contribution is 5.79. The minimum atomic E-state index is -0.193. The molecule has 0 aliphatic heterocycles. The first-order chi connectivity index (χ1) is 18.4. The van der Waals surface area contributed by atoms with Crippen LogP contribution in [-0.2, 0) is 4.79 Å². The molecule has 0 bridgehead atoms. The average Bonchev–Trinajstić information content (AvgIpc) is 3.56. The molecule has 0 aromatic heterocycles. The number of hydrogen-bond donors (Lipinski definition) is 2. The van der Waals surface area contributed by atoms with E-state index >= 15 is 0 Å². The van der Waals surface area contributed by atoms with Crippen LogP contribution in [0.5, 0.6) is 5.75 Å². The predicted molar refractivity (Wildman–Crippen MR) is 152 cm³/mol. The number of carbonyl (C=O) groups is 1. The number of aliphatic hydroxyl groups is 1. The quantitative estimate of drug-likeness (QED) is 0.374. The standard InChI is InChI=1S/C34H51NO3/c1-3-31(35-25-8-4-5-9-25)23-7-6-10-27(21-23)38-20-19-34-18-16-29-28(30(34)13-14-32(34)37)12-11-24-22-26(36)15-17-33(24,29)2/h6-7,10,21,24-25,28-32,35,37H,3-5,8-9,11-20,22H2,1-2H3/t24?,28-,29+,30+,31?,32+,33+,34-/m1/s1. The highest BCUT2D eigenvalue weighted by Gasteiger charge is 2.61. The molecule has 210 valence electrons. The van der Waals surface area contributed by atoms with Gasteiger partial charge < -0.3 is 15.2 Å². The zero-order chi connectivity index (χ0) is 26.3. The third-order valence-corrected chi connectivity index (χ3v) is 12.4. The molecular weight excluding hydrogens is 470 g/mol. The van der Waals surface area contributed by atoms with E-state index in [0.29, 0.717) is 47.6 Å². The Hall–Kier alpha value is -1.39. The normalized spacial score (nSPS) is 39.9. The number of Topliss-reactive ketones (excluding diaryl/α,β-unsaturated/α-hetero) is 1. The van der Waals surface area contributed by atoms with Crippen molar-refractivity contribution in [1.29, 1.82) is 0 Å². The van der Waals surface area contributed by atoms with E-state index in [9.17, 15) is 9.90 Å². The number of ether oxygens (including phenoxy) is 1. The van der Waals surface area contributed by atoms with Gasteiger partial charge in [-0.15, -0.1) is 0 Å². The summed E-state index contributed by atoms with van der Waals surface area (Å²) < 4.78 is 6.44. The van der Waals surface area contributed by atoms with Gasteiger partial charge in [-0.2, -0.15) is 0 Å². The minimum absolute atomic E-state index is 0.0163. The number of nitrogens with one attached hydrogen (secondary N) is 1. The molecule has 5 aliphatic carbocycles. The van der Waals surface area contributed by atoms with Gasteiger partial charge in [0.05, 0.1) is 12.7 Å². The van der Waals surface area contributed by atoms with Crippen molar-refractivity contribution in [2.45, 2.75) is 128 Å². The fraction of sp³-hybridized carbons (Fsp3) is 0.794. The summed E-state index contributed by atoms with van der Waals surface area (Å²) in [4.78, 5) is 12.2. The maximum Gasteiger partial charge on any atom is 0.133 e. The second kappa shape index (κ2) is 10.9. The molecule has 0 amide bonds. The van der Waals surface area contributed by atoms with E-state index in [4.69, 9.17) is 4.74 Å². The van der Waals surface area contributed by atoms with Gasteiger partial charge >= 0.3 is 0 Å². The number of fused-ring (bicyclic) bond motifs is 5. The van der Waals surface area contributed by atoms with E-state index in [1.165, 1.54) is 56.9 Å². The summed E-state index contributed by atoms with van der Waals surface area (Å²) in [5.74, 6) is 4.12. The summed E-state index contributed by atoms with van der Waals surface area (Å²) in [6.45, 7) is 5.48.